The van der Waals surface area contributed by atoms with Crippen molar-refractivity contribution in [3.05, 3.63) is 77.9 Å². The van der Waals surface area contributed by atoms with Crippen LogP contribution in [0.4, 0.5) is 0 Å². The number of carbonyl (C=O) groups excluding carboxylic acids is 2. The standard InChI is InChI=1S/C30H38N2O5/c1-6-19-36-24-13-9-22(10-14-24)27-26(29(34)30(35)32(27)18-17-31(7-2)8-3)28(33)23-11-15-25(16-12-23)37-20-21(4)5/h6,9-16,21,27,33H,1,7-8,17-20H2,2-5H3. The third-order valence-electron chi connectivity index (χ3n) is 6.37. The van der Waals surface area contributed by atoms with Gasteiger partial charge in [0.1, 0.15) is 23.9 Å². The second-order valence-electron chi connectivity index (χ2n) is 9.42. The summed E-state index contributed by atoms with van der Waals surface area (Å²) in [5, 5.41) is 11.3. The van der Waals surface area contributed by atoms with Gasteiger partial charge in [0.15, 0.2) is 0 Å². The van der Waals surface area contributed by atoms with Crippen LogP contribution in [-0.4, -0.2) is 66.0 Å². The van der Waals surface area contributed by atoms with Gasteiger partial charge in [-0.05, 0) is 61.0 Å². The molecule has 1 unspecified atom stereocenters. The summed E-state index contributed by atoms with van der Waals surface area (Å²) in [5.41, 5.74) is 1.26. The highest BCUT2D eigenvalue weighted by atomic mass is 16.5. The Labute approximate surface area is 220 Å². The molecule has 2 aromatic rings. The molecule has 0 bridgehead atoms. The minimum Gasteiger partial charge on any atom is -0.507 e. The first-order chi connectivity index (χ1) is 17.8. The van der Waals surface area contributed by atoms with E-state index in [2.05, 4.69) is 39.2 Å². The Kier molecular flexibility index (Phi) is 9.92. The number of likely N-dealkylation sites (tertiary alicyclic amines) is 1. The van der Waals surface area contributed by atoms with Crippen LogP contribution >= 0.6 is 0 Å². The molecule has 7 heteroatoms. The van der Waals surface area contributed by atoms with Gasteiger partial charge in [-0.25, -0.2) is 0 Å². The molecule has 7 nitrogen and oxygen atoms in total. The normalized spacial score (nSPS) is 17.0. The summed E-state index contributed by atoms with van der Waals surface area (Å²) in [6.45, 7) is 15.5. The lowest BCUT2D eigenvalue weighted by Gasteiger charge is -2.28. The van der Waals surface area contributed by atoms with Gasteiger partial charge in [0.05, 0.1) is 18.2 Å². The molecule has 37 heavy (non-hydrogen) atoms. The molecule has 0 saturated carbocycles. The average molecular weight is 507 g/mol. The molecule has 0 spiro atoms. The van der Waals surface area contributed by atoms with Crippen LogP contribution in [0.15, 0.2) is 66.8 Å². The SMILES string of the molecule is C=CCOc1ccc(C2C(=C(O)c3ccc(OCC(C)C)cc3)C(=O)C(=O)N2CCN(CC)CC)cc1. The Bertz CT molecular complexity index is 1100. The van der Waals surface area contributed by atoms with Crippen molar-refractivity contribution in [1.82, 2.24) is 9.80 Å². The zero-order valence-corrected chi connectivity index (χ0v) is 22.3. The van der Waals surface area contributed by atoms with Crippen molar-refractivity contribution in [3.8, 4) is 11.5 Å². The number of Topliss-reactive ketones (excluding diaryl/α,β-unsaturated/α-hetero) is 1. The van der Waals surface area contributed by atoms with Crippen molar-refractivity contribution in [2.45, 2.75) is 33.7 Å². The van der Waals surface area contributed by atoms with Gasteiger partial charge in [-0.1, -0.05) is 52.5 Å². The highest BCUT2D eigenvalue weighted by molar-refractivity contribution is 6.46. The Hall–Kier alpha value is -3.58. The number of ketones is 1. The van der Waals surface area contributed by atoms with Gasteiger partial charge in [-0.3, -0.25) is 9.59 Å². The summed E-state index contributed by atoms with van der Waals surface area (Å²) in [6, 6.07) is 13.5. The van der Waals surface area contributed by atoms with Gasteiger partial charge in [-0.2, -0.15) is 0 Å². The first-order valence-electron chi connectivity index (χ1n) is 12.9. The zero-order chi connectivity index (χ0) is 26.9. The Morgan fingerprint density at radius 1 is 1.03 bits per heavy atom. The maximum absolute atomic E-state index is 13.3. The van der Waals surface area contributed by atoms with E-state index in [-0.39, 0.29) is 11.3 Å². The quantitative estimate of drug-likeness (QED) is 0.177. The number of carbonyl (C=O) groups is 2. The molecule has 1 fully saturated rings. The smallest absolute Gasteiger partial charge is 0.295 e. The number of hydrogen-bond donors (Lipinski definition) is 1. The van der Waals surface area contributed by atoms with Gasteiger partial charge < -0.3 is 24.4 Å². The molecule has 0 aromatic heterocycles. The molecule has 1 N–H and O–H groups in total. The lowest BCUT2D eigenvalue weighted by Crippen LogP contribution is -2.38. The topological polar surface area (TPSA) is 79.3 Å². The van der Waals surface area contributed by atoms with Crippen LogP contribution in [0.2, 0.25) is 0 Å². The van der Waals surface area contributed by atoms with Crippen molar-refractivity contribution in [2.24, 2.45) is 5.92 Å². The fourth-order valence-corrected chi connectivity index (χ4v) is 4.28. The number of amides is 1. The van der Waals surface area contributed by atoms with Gasteiger partial charge in [0.25, 0.3) is 11.7 Å². The molecule has 198 valence electrons. The fourth-order valence-electron chi connectivity index (χ4n) is 4.28. The van der Waals surface area contributed by atoms with Crippen LogP contribution in [0.3, 0.4) is 0 Å². The third kappa shape index (κ3) is 6.80. The molecule has 3 rings (SSSR count). The van der Waals surface area contributed by atoms with Gasteiger partial charge in [0.2, 0.25) is 0 Å². The van der Waals surface area contributed by atoms with Crippen molar-refractivity contribution in [3.63, 3.8) is 0 Å². The lowest BCUT2D eigenvalue weighted by atomic mass is 9.95. The molecule has 0 aliphatic carbocycles. The molecule has 1 atom stereocenters. The summed E-state index contributed by atoms with van der Waals surface area (Å²) < 4.78 is 11.3. The highest BCUT2D eigenvalue weighted by Gasteiger charge is 2.46. The van der Waals surface area contributed by atoms with Crippen LogP contribution in [0.1, 0.15) is 44.9 Å². The molecule has 1 amide bonds. The lowest BCUT2D eigenvalue weighted by molar-refractivity contribution is -0.140. The molecule has 0 radical (unpaired) electrons. The minimum absolute atomic E-state index is 0.0835. The molecule has 1 heterocycles. The summed E-state index contributed by atoms with van der Waals surface area (Å²) in [7, 11) is 0. The van der Waals surface area contributed by atoms with E-state index in [1.807, 2.05) is 12.1 Å². The van der Waals surface area contributed by atoms with Crippen molar-refractivity contribution in [1.29, 1.82) is 0 Å². The van der Waals surface area contributed by atoms with E-state index in [4.69, 9.17) is 9.47 Å². The van der Waals surface area contributed by atoms with Crippen LogP contribution in [-0.2, 0) is 9.59 Å². The fraction of sp³-hybridized carbons (Fsp3) is 0.400. The monoisotopic (exact) mass is 506 g/mol. The Morgan fingerprint density at radius 3 is 2.19 bits per heavy atom. The van der Waals surface area contributed by atoms with E-state index in [9.17, 15) is 14.7 Å². The molecule has 1 saturated heterocycles. The maximum atomic E-state index is 13.3. The molecule has 2 aromatic carbocycles. The van der Waals surface area contributed by atoms with Crippen molar-refractivity contribution >= 4 is 17.4 Å². The number of likely N-dealkylation sites (N-methyl/N-ethyl adjacent to an activating group) is 1. The van der Waals surface area contributed by atoms with Gasteiger partial charge in [0, 0.05) is 18.7 Å². The van der Waals surface area contributed by atoms with Crippen LogP contribution in [0.5, 0.6) is 11.5 Å². The van der Waals surface area contributed by atoms with Gasteiger partial charge >= 0.3 is 0 Å². The number of rotatable bonds is 13. The summed E-state index contributed by atoms with van der Waals surface area (Å²) in [4.78, 5) is 30.2. The molecular weight excluding hydrogens is 468 g/mol. The van der Waals surface area contributed by atoms with E-state index in [0.717, 1.165) is 18.7 Å². The van der Waals surface area contributed by atoms with E-state index in [0.29, 0.717) is 49.3 Å². The number of ether oxygens (including phenoxy) is 2. The predicted molar refractivity (Wildman–Crippen MR) is 146 cm³/mol. The van der Waals surface area contributed by atoms with E-state index >= 15 is 0 Å². The second-order valence-corrected chi connectivity index (χ2v) is 9.42. The van der Waals surface area contributed by atoms with E-state index < -0.39 is 17.7 Å². The van der Waals surface area contributed by atoms with Crippen molar-refractivity contribution < 1.29 is 24.2 Å². The van der Waals surface area contributed by atoms with Gasteiger partial charge in [-0.15, -0.1) is 0 Å². The minimum atomic E-state index is -0.708. The Balaban J connectivity index is 2.00. The first-order valence-corrected chi connectivity index (χ1v) is 12.9. The predicted octanol–water partition coefficient (Wildman–Crippen LogP) is 5.05. The number of hydrogen-bond acceptors (Lipinski definition) is 6. The van der Waals surface area contributed by atoms with E-state index in [1.54, 1.807) is 47.4 Å². The zero-order valence-electron chi connectivity index (χ0n) is 22.3. The molecule has 1 aliphatic heterocycles. The molecule has 1 aliphatic rings. The maximum Gasteiger partial charge on any atom is 0.295 e. The summed E-state index contributed by atoms with van der Waals surface area (Å²) in [6.07, 6.45) is 1.66. The average Bonchev–Trinajstić information content (AvgIpc) is 3.16. The number of aliphatic hydroxyl groups is 1. The second kappa shape index (κ2) is 13.1. The summed E-state index contributed by atoms with van der Waals surface area (Å²) >= 11 is 0. The largest absolute Gasteiger partial charge is 0.507 e. The highest BCUT2D eigenvalue weighted by Crippen LogP contribution is 2.40. The summed E-state index contributed by atoms with van der Waals surface area (Å²) in [5.74, 6) is 0.221. The van der Waals surface area contributed by atoms with Crippen LogP contribution in [0, 0.1) is 5.92 Å². The van der Waals surface area contributed by atoms with Crippen LogP contribution in [0.25, 0.3) is 5.76 Å². The van der Waals surface area contributed by atoms with E-state index in [1.165, 1.54) is 0 Å². The number of nitrogens with zero attached hydrogens (tertiary/aromatic N) is 2. The third-order valence-corrected chi connectivity index (χ3v) is 6.37. The molecular formula is C30H38N2O5. The Morgan fingerprint density at radius 2 is 1.62 bits per heavy atom. The van der Waals surface area contributed by atoms with Crippen molar-refractivity contribution in [2.75, 3.05) is 39.4 Å². The number of aliphatic hydroxyl groups excluding tert-OH is 1. The van der Waals surface area contributed by atoms with Crippen LogP contribution < -0.4 is 9.47 Å². The first kappa shape index (κ1) is 28.0. The number of benzene rings is 2.